The first-order valence-corrected chi connectivity index (χ1v) is 8.24. The van der Waals surface area contributed by atoms with Crippen molar-refractivity contribution in [1.29, 1.82) is 0 Å². The maximum Gasteiger partial charge on any atom is 0.111 e. The summed E-state index contributed by atoms with van der Waals surface area (Å²) in [6, 6.07) is 0. The summed E-state index contributed by atoms with van der Waals surface area (Å²) in [7, 11) is 0. The highest BCUT2D eigenvalue weighted by Crippen LogP contribution is 2.29. The van der Waals surface area contributed by atoms with Gasteiger partial charge in [0.05, 0.1) is 11.2 Å². The third-order valence-corrected chi connectivity index (χ3v) is 5.27. The molecule has 0 unspecified atom stereocenters. The van der Waals surface area contributed by atoms with Crippen molar-refractivity contribution in [1.82, 2.24) is 0 Å². The molecule has 0 aliphatic rings. The fourth-order valence-electron chi connectivity index (χ4n) is 1.47. The lowest BCUT2D eigenvalue weighted by Gasteiger charge is -2.31. The Bertz CT molecular complexity index is 227. The molecule has 0 aromatic heterocycles. The molecule has 116 valence electrons. The van der Waals surface area contributed by atoms with Gasteiger partial charge in [0.1, 0.15) is 30.5 Å². The number of thioether (sulfide) groups is 2. The van der Waals surface area contributed by atoms with Crippen LogP contribution < -0.4 is 0 Å². The minimum Gasteiger partial charge on any atom is -0.394 e. The Kier molecular flexibility index (Phi) is 10.5. The third-order valence-electron chi connectivity index (χ3n) is 2.57. The molecular weight excluding hydrogens is 292 g/mol. The quantitative estimate of drug-likeness (QED) is 0.273. The van der Waals surface area contributed by atoms with Gasteiger partial charge in [0.25, 0.3) is 0 Å². The highest BCUT2D eigenvalue weighted by Gasteiger charge is 2.37. The zero-order valence-corrected chi connectivity index (χ0v) is 12.7. The monoisotopic (exact) mass is 316 g/mol. The van der Waals surface area contributed by atoms with Crippen molar-refractivity contribution in [2.45, 2.75) is 48.9 Å². The van der Waals surface area contributed by atoms with Gasteiger partial charge < -0.3 is 30.6 Å². The van der Waals surface area contributed by atoms with Gasteiger partial charge in [-0.2, -0.15) is 0 Å². The Hall–Kier alpha value is 0.460. The van der Waals surface area contributed by atoms with Crippen molar-refractivity contribution >= 4 is 23.5 Å². The standard InChI is InChI=1S/C11H24O6S2/c1-3-18-11(19-4-2)10(17)9(16)8(15)7(14)6(13)5-12/h6-17H,3-5H2,1-2H3/t6-,7+,8-,9+,10+/m0/s1. The van der Waals surface area contributed by atoms with E-state index in [0.717, 1.165) is 11.5 Å². The molecule has 0 aromatic rings. The Balaban J connectivity index is 4.62. The molecule has 0 amide bonds. The Labute approximate surface area is 121 Å². The van der Waals surface area contributed by atoms with Crippen molar-refractivity contribution < 1.29 is 30.6 Å². The molecule has 0 spiro atoms. The van der Waals surface area contributed by atoms with Gasteiger partial charge in [-0.3, -0.25) is 0 Å². The third kappa shape index (κ3) is 6.17. The van der Waals surface area contributed by atoms with Crippen LogP contribution in [0.15, 0.2) is 0 Å². The Morgan fingerprint density at radius 2 is 1.16 bits per heavy atom. The van der Waals surface area contributed by atoms with E-state index in [0.29, 0.717) is 0 Å². The van der Waals surface area contributed by atoms with Gasteiger partial charge in [0.15, 0.2) is 0 Å². The van der Waals surface area contributed by atoms with E-state index in [9.17, 15) is 25.5 Å². The molecule has 0 saturated heterocycles. The normalized spacial score (nSPS) is 20.1. The summed E-state index contributed by atoms with van der Waals surface area (Å²) in [6.45, 7) is 3.08. The number of hydrogen-bond donors (Lipinski definition) is 6. The van der Waals surface area contributed by atoms with E-state index in [1.165, 1.54) is 23.5 Å². The first-order valence-electron chi connectivity index (χ1n) is 6.15. The fourth-order valence-corrected chi connectivity index (χ4v) is 4.05. The van der Waals surface area contributed by atoms with Gasteiger partial charge in [0, 0.05) is 0 Å². The first-order chi connectivity index (χ1) is 8.90. The van der Waals surface area contributed by atoms with Crippen molar-refractivity contribution in [3.05, 3.63) is 0 Å². The van der Waals surface area contributed by atoms with Gasteiger partial charge >= 0.3 is 0 Å². The lowest BCUT2D eigenvalue weighted by atomic mass is 10.0. The molecule has 0 aliphatic carbocycles. The van der Waals surface area contributed by atoms with E-state index in [1.54, 1.807) is 0 Å². The Morgan fingerprint density at radius 3 is 1.53 bits per heavy atom. The maximum atomic E-state index is 10.0. The van der Waals surface area contributed by atoms with E-state index in [2.05, 4.69) is 0 Å². The first kappa shape index (κ1) is 19.5. The predicted molar refractivity (Wildman–Crippen MR) is 77.2 cm³/mol. The molecule has 8 heteroatoms. The molecule has 0 aromatic carbocycles. The summed E-state index contributed by atoms with van der Waals surface area (Å²) in [5.41, 5.74) is 0. The minimum atomic E-state index is -1.73. The second-order valence-electron chi connectivity index (χ2n) is 3.99. The summed E-state index contributed by atoms with van der Waals surface area (Å²) < 4.78 is -0.335. The lowest BCUT2D eigenvalue weighted by Crippen LogP contribution is -2.52. The largest absolute Gasteiger partial charge is 0.394 e. The van der Waals surface area contributed by atoms with Gasteiger partial charge in [-0.1, -0.05) is 13.8 Å². The second-order valence-corrected chi connectivity index (χ2v) is 7.13. The predicted octanol–water partition coefficient (Wildman–Crippen LogP) is -1.38. The maximum absolute atomic E-state index is 10.0. The molecule has 0 heterocycles. The molecule has 6 N–H and O–H groups in total. The van der Waals surface area contributed by atoms with Gasteiger partial charge in [-0.05, 0) is 11.5 Å². The summed E-state index contributed by atoms with van der Waals surface area (Å²) >= 11 is 2.86. The van der Waals surface area contributed by atoms with Crippen LogP contribution in [0.1, 0.15) is 13.8 Å². The molecule has 0 fully saturated rings. The molecule has 6 nitrogen and oxygen atoms in total. The van der Waals surface area contributed by atoms with Gasteiger partial charge in [-0.25, -0.2) is 0 Å². The van der Waals surface area contributed by atoms with Crippen molar-refractivity contribution in [2.24, 2.45) is 0 Å². The van der Waals surface area contributed by atoms with Crippen LogP contribution in [0.2, 0.25) is 0 Å². The highest BCUT2D eigenvalue weighted by atomic mass is 32.2. The van der Waals surface area contributed by atoms with Crippen LogP contribution in [-0.4, -0.2) is 83.9 Å². The number of aliphatic hydroxyl groups is 6. The van der Waals surface area contributed by atoms with E-state index in [-0.39, 0.29) is 4.58 Å². The molecule has 5 atom stereocenters. The number of aliphatic hydroxyl groups excluding tert-OH is 6. The van der Waals surface area contributed by atoms with E-state index < -0.39 is 37.1 Å². The smallest absolute Gasteiger partial charge is 0.111 e. The number of hydrogen-bond acceptors (Lipinski definition) is 8. The van der Waals surface area contributed by atoms with Crippen LogP contribution in [0.4, 0.5) is 0 Å². The zero-order chi connectivity index (χ0) is 15.0. The van der Waals surface area contributed by atoms with E-state index in [4.69, 9.17) is 5.11 Å². The van der Waals surface area contributed by atoms with E-state index in [1.807, 2.05) is 13.8 Å². The van der Waals surface area contributed by atoms with Crippen LogP contribution in [-0.2, 0) is 0 Å². The second kappa shape index (κ2) is 10.2. The summed E-state index contributed by atoms with van der Waals surface area (Å²) in [6.07, 6.45) is -7.85. The average Bonchev–Trinajstić information content (AvgIpc) is 2.42. The molecular formula is C11H24O6S2. The van der Waals surface area contributed by atoms with Gasteiger partial charge in [0.2, 0.25) is 0 Å². The van der Waals surface area contributed by atoms with Crippen LogP contribution in [0.25, 0.3) is 0 Å². The molecule has 0 aliphatic heterocycles. The fraction of sp³-hybridized carbons (Fsp3) is 1.00. The molecule has 0 radical (unpaired) electrons. The van der Waals surface area contributed by atoms with Crippen molar-refractivity contribution in [3.63, 3.8) is 0 Å². The average molecular weight is 316 g/mol. The van der Waals surface area contributed by atoms with Crippen molar-refractivity contribution in [2.75, 3.05) is 18.1 Å². The molecule has 0 rings (SSSR count). The SMILES string of the molecule is CCSC(SCC)[C@H](O)[C@H](O)[C@@H](O)[C@H](O)[C@@H](O)CO. The summed E-state index contributed by atoms with van der Waals surface area (Å²) in [5.74, 6) is 1.47. The van der Waals surface area contributed by atoms with Crippen LogP contribution in [0, 0.1) is 0 Å². The highest BCUT2D eigenvalue weighted by molar-refractivity contribution is 8.17. The zero-order valence-electron chi connectivity index (χ0n) is 11.1. The minimum absolute atomic E-state index is 0.335. The molecule has 19 heavy (non-hydrogen) atoms. The number of rotatable bonds is 10. The molecule has 0 saturated carbocycles. The van der Waals surface area contributed by atoms with Crippen LogP contribution in [0.5, 0.6) is 0 Å². The molecule has 0 bridgehead atoms. The Morgan fingerprint density at radius 1 is 0.737 bits per heavy atom. The van der Waals surface area contributed by atoms with Crippen LogP contribution in [0.3, 0.4) is 0 Å². The van der Waals surface area contributed by atoms with E-state index >= 15 is 0 Å². The van der Waals surface area contributed by atoms with Gasteiger partial charge in [-0.15, -0.1) is 23.5 Å². The van der Waals surface area contributed by atoms with Crippen molar-refractivity contribution in [3.8, 4) is 0 Å². The van der Waals surface area contributed by atoms with Crippen LogP contribution >= 0.6 is 23.5 Å². The summed E-state index contributed by atoms with van der Waals surface area (Å²) in [5, 5.41) is 56.9. The lowest BCUT2D eigenvalue weighted by molar-refractivity contribution is -0.137. The topological polar surface area (TPSA) is 121 Å². The summed E-state index contributed by atoms with van der Waals surface area (Å²) in [4.78, 5) is 0.